The molecule has 0 aliphatic heterocycles. The van der Waals surface area contributed by atoms with Crippen molar-refractivity contribution in [3.8, 4) is 0 Å². The first-order valence-corrected chi connectivity index (χ1v) is 9.08. The molecule has 21 heavy (non-hydrogen) atoms. The van der Waals surface area contributed by atoms with Gasteiger partial charge in [0.05, 0.1) is 4.90 Å². The van der Waals surface area contributed by atoms with Crippen LogP contribution < -0.4 is 0 Å². The zero-order valence-corrected chi connectivity index (χ0v) is 13.4. The highest BCUT2D eigenvalue weighted by Crippen LogP contribution is 2.16. The second-order valence-electron chi connectivity index (χ2n) is 5.46. The molecule has 0 heterocycles. The lowest BCUT2D eigenvalue weighted by molar-refractivity contribution is 0.287. The SMILES string of the molecule is CCCCCCCC(F)CCc1ccc(S(=O)(=O)O)cc1. The molecule has 1 aromatic rings. The van der Waals surface area contributed by atoms with Crippen molar-refractivity contribution in [2.24, 2.45) is 0 Å². The van der Waals surface area contributed by atoms with Crippen molar-refractivity contribution in [2.75, 3.05) is 0 Å². The first-order valence-electron chi connectivity index (χ1n) is 7.64. The van der Waals surface area contributed by atoms with Gasteiger partial charge in [0.2, 0.25) is 0 Å². The highest BCUT2D eigenvalue weighted by molar-refractivity contribution is 7.85. The summed E-state index contributed by atoms with van der Waals surface area (Å²) in [6.07, 6.45) is 6.47. The number of benzene rings is 1. The summed E-state index contributed by atoms with van der Waals surface area (Å²) in [4.78, 5) is -0.126. The fraction of sp³-hybridized carbons (Fsp3) is 0.625. The van der Waals surface area contributed by atoms with Gasteiger partial charge in [0.1, 0.15) is 6.17 Å². The monoisotopic (exact) mass is 316 g/mol. The van der Waals surface area contributed by atoms with E-state index in [0.29, 0.717) is 19.3 Å². The number of rotatable bonds is 10. The third kappa shape index (κ3) is 7.58. The Morgan fingerprint density at radius 1 is 1.05 bits per heavy atom. The van der Waals surface area contributed by atoms with E-state index in [1.807, 2.05) is 0 Å². The van der Waals surface area contributed by atoms with Crippen LogP contribution in [0.15, 0.2) is 29.2 Å². The van der Waals surface area contributed by atoms with Crippen LogP contribution in [0.2, 0.25) is 0 Å². The minimum Gasteiger partial charge on any atom is -0.282 e. The van der Waals surface area contributed by atoms with Crippen molar-refractivity contribution in [1.29, 1.82) is 0 Å². The van der Waals surface area contributed by atoms with Crippen molar-refractivity contribution in [1.82, 2.24) is 0 Å². The molecule has 0 aliphatic rings. The lowest BCUT2D eigenvalue weighted by Gasteiger charge is -2.08. The van der Waals surface area contributed by atoms with E-state index < -0.39 is 16.3 Å². The van der Waals surface area contributed by atoms with Gasteiger partial charge < -0.3 is 0 Å². The second kappa shape index (κ2) is 9.15. The molecule has 0 spiro atoms. The Balaban J connectivity index is 2.28. The number of halogens is 1. The summed E-state index contributed by atoms with van der Waals surface area (Å²) < 4.78 is 44.4. The molecule has 1 atom stereocenters. The summed E-state index contributed by atoms with van der Waals surface area (Å²) in [7, 11) is -4.14. The predicted molar refractivity (Wildman–Crippen MR) is 82.8 cm³/mol. The quantitative estimate of drug-likeness (QED) is 0.508. The van der Waals surface area contributed by atoms with Gasteiger partial charge in [-0.2, -0.15) is 8.42 Å². The number of alkyl halides is 1. The summed E-state index contributed by atoms with van der Waals surface area (Å²) in [5, 5.41) is 0. The largest absolute Gasteiger partial charge is 0.294 e. The van der Waals surface area contributed by atoms with E-state index in [0.717, 1.165) is 18.4 Å². The maximum Gasteiger partial charge on any atom is 0.294 e. The van der Waals surface area contributed by atoms with Crippen LogP contribution in [0.5, 0.6) is 0 Å². The molecule has 1 rings (SSSR count). The van der Waals surface area contributed by atoms with Crippen LogP contribution in [-0.4, -0.2) is 19.1 Å². The van der Waals surface area contributed by atoms with E-state index in [2.05, 4.69) is 6.92 Å². The third-order valence-electron chi connectivity index (χ3n) is 3.59. The summed E-state index contributed by atoms with van der Waals surface area (Å²) >= 11 is 0. The minimum atomic E-state index is -4.14. The van der Waals surface area contributed by atoms with Crippen LogP contribution in [0.1, 0.15) is 57.4 Å². The number of hydrogen-bond acceptors (Lipinski definition) is 2. The summed E-state index contributed by atoms with van der Waals surface area (Å²) in [6.45, 7) is 2.16. The van der Waals surface area contributed by atoms with Gasteiger partial charge in [-0.05, 0) is 37.0 Å². The summed E-state index contributed by atoms with van der Waals surface area (Å²) in [5.74, 6) is 0. The summed E-state index contributed by atoms with van der Waals surface area (Å²) in [5.41, 5.74) is 0.885. The van der Waals surface area contributed by atoms with Crippen LogP contribution in [0.3, 0.4) is 0 Å². The molecule has 0 amide bonds. The van der Waals surface area contributed by atoms with Crippen LogP contribution in [0.4, 0.5) is 4.39 Å². The zero-order chi connectivity index (χ0) is 15.7. The highest BCUT2D eigenvalue weighted by Gasteiger charge is 2.10. The molecular formula is C16H25FO3S. The van der Waals surface area contributed by atoms with E-state index in [4.69, 9.17) is 4.55 Å². The van der Waals surface area contributed by atoms with Gasteiger partial charge in [-0.3, -0.25) is 4.55 Å². The van der Waals surface area contributed by atoms with Crippen molar-refractivity contribution in [3.05, 3.63) is 29.8 Å². The van der Waals surface area contributed by atoms with Gasteiger partial charge >= 0.3 is 0 Å². The molecule has 0 saturated heterocycles. The van der Waals surface area contributed by atoms with E-state index in [-0.39, 0.29) is 4.90 Å². The lowest BCUT2D eigenvalue weighted by Crippen LogP contribution is -2.03. The van der Waals surface area contributed by atoms with Gasteiger partial charge in [-0.25, -0.2) is 4.39 Å². The van der Waals surface area contributed by atoms with Crippen molar-refractivity contribution in [3.63, 3.8) is 0 Å². The maximum absolute atomic E-state index is 13.7. The minimum absolute atomic E-state index is 0.126. The maximum atomic E-state index is 13.7. The molecule has 120 valence electrons. The Bertz CT molecular complexity index is 497. The topological polar surface area (TPSA) is 54.4 Å². The Kier molecular flexibility index (Phi) is 7.89. The zero-order valence-electron chi connectivity index (χ0n) is 12.6. The van der Waals surface area contributed by atoms with Crippen molar-refractivity contribution in [2.45, 2.75) is 69.4 Å². The van der Waals surface area contributed by atoms with Crippen LogP contribution >= 0.6 is 0 Å². The third-order valence-corrected chi connectivity index (χ3v) is 4.46. The molecular weight excluding hydrogens is 291 g/mol. The molecule has 1 unspecified atom stereocenters. The Hall–Kier alpha value is -0.940. The highest BCUT2D eigenvalue weighted by atomic mass is 32.2. The predicted octanol–water partition coefficient (Wildman–Crippen LogP) is 4.56. The van der Waals surface area contributed by atoms with Crippen LogP contribution in [-0.2, 0) is 16.5 Å². The van der Waals surface area contributed by atoms with Gasteiger partial charge in [0.25, 0.3) is 10.1 Å². The van der Waals surface area contributed by atoms with Gasteiger partial charge in [-0.1, -0.05) is 51.2 Å². The standard InChI is InChI=1S/C16H25FO3S/c1-2-3-4-5-6-7-15(17)11-8-14-9-12-16(13-10-14)21(18,19)20/h9-10,12-13,15H,2-8,11H2,1H3,(H,18,19,20). The fourth-order valence-corrected chi connectivity index (χ4v) is 2.75. The van der Waals surface area contributed by atoms with E-state index >= 15 is 0 Å². The fourth-order valence-electron chi connectivity index (χ4n) is 2.27. The van der Waals surface area contributed by atoms with Gasteiger partial charge in [0, 0.05) is 0 Å². The molecule has 3 nitrogen and oxygen atoms in total. The Labute approximate surface area is 127 Å². The van der Waals surface area contributed by atoms with E-state index in [9.17, 15) is 12.8 Å². The number of hydrogen-bond donors (Lipinski definition) is 1. The molecule has 0 radical (unpaired) electrons. The first-order chi connectivity index (χ1) is 9.93. The van der Waals surface area contributed by atoms with Crippen LogP contribution in [0.25, 0.3) is 0 Å². The van der Waals surface area contributed by atoms with E-state index in [1.165, 1.54) is 31.4 Å². The first kappa shape index (κ1) is 18.1. The molecule has 1 aromatic carbocycles. The number of unbranched alkanes of at least 4 members (excludes halogenated alkanes) is 4. The Morgan fingerprint density at radius 2 is 1.67 bits per heavy atom. The number of aryl methyl sites for hydroxylation is 1. The molecule has 0 saturated carbocycles. The van der Waals surface area contributed by atoms with Crippen LogP contribution in [0, 0.1) is 0 Å². The van der Waals surface area contributed by atoms with Crippen molar-refractivity contribution >= 4 is 10.1 Å². The van der Waals surface area contributed by atoms with Gasteiger partial charge in [0.15, 0.2) is 0 Å². The average molecular weight is 316 g/mol. The summed E-state index contributed by atoms with van der Waals surface area (Å²) in [6, 6.07) is 5.94. The molecule has 0 fully saturated rings. The normalized spacial score (nSPS) is 13.3. The second-order valence-corrected chi connectivity index (χ2v) is 6.88. The van der Waals surface area contributed by atoms with Gasteiger partial charge in [-0.15, -0.1) is 0 Å². The molecule has 0 bridgehead atoms. The molecule has 0 aliphatic carbocycles. The lowest BCUT2D eigenvalue weighted by atomic mass is 10.0. The average Bonchev–Trinajstić information content (AvgIpc) is 2.44. The van der Waals surface area contributed by atoms with E-state index in [1.54, 1.807) is 12.1 Å². The smallest absolute Gasteiger partial charge is 0.282 e. The molecule has 1 N–H and O–H groups in total. The molecule has 5 heteroatoms. The Morgan fingerprint density at radius 3 is 2.24 bits per heavy atom. The molecule has 0 aromatic heterocycles. The van der Waals surface area contributed by atoms with Crippen molar-refractivity contribution < 1.29 is 17.4 Å².